The lowest BCUT2D eigenvalue weighted by Gasteiger charge is -2.40. The van der Waals surface area contributed by atoms with E-state index in [4.69, 9.17) is 14.2 Å². The number of aromatic nitrogens is 2. The Kier molecular flexibility index (Phi) is 6.49. The van der Waals surface area contributed by atoms with Crippen molar-refractivity contribution in [3.05, 3.63) is 104 Å². The minimum absolute atomic E-state index is 0.00858. The van der Waals surface area contributed by atoms with Crippen molar-refractivity contribution in [2.24, 2.45) is 17.8 Å². The van der Waals surface area contributed by atoms with Gasteiger partial charge in [0.15, 0.2) is 0 Å². The number of benzene rings is 2. The molecule has 6 atom stereocenters. The summed E-state index contributed by atoms with van der Waals surface area (Å²) in [7, 11) is 0. The molecule has 2 heterocycles. The van der Waals surface area contributed by atoms with Gasteiger partial charge in [-0.15, -0.1) is 0 Å². The van der Waals surface area contributed by atoms with Crippen LogP contribution >= 0.6 is 0 Å². The topological polar surface area (TPSA) is 82.6 Å². The van der Waals surface area contributed by atoms with Crippen LogP contribution in [0.15, 0.2) is 76.4 Å². The Morgan fingerprint density at radius 2 is 1.63 bits per heavy atom. The smallest absolute Gasteiger partial charge is 0.330 e. The average molecular weight is 477 g/mol. The summed E-state index contributed by atoms with van der Waals surface area (Å²) in [4.78, 5) is 27.1. The first-order valence-corrected chi connectivity index (χ1v) is 12.2. The van der Waals surface area contributed by atoms with Gasteiger partial charge in [-0.3, -0.25) is 14.3 Å². The SMILES string of the molecule is Cc1cn([C@@H]2O[C@]3(C)[C@H](COCc4ccccc4)[C@H](OCc4ccccc4)[C@H]2[C@@H]3C)c(=O)[nH]c1=O. The molecule has 5 rings (SSSR count). The largest absolute Gasteiger partial charge is 0.376 e. The Balaban J connectivity index is 1.42. The second kappa shape index (κ2) is 9.57. The summed E-state index contributed by atoms with van der Waals surface area (Å²) in [6, 6.07) is 20.2. The Hall–Kier alpha value is -3.00. The van der Waals surface area contributed by atoms with Crippen LogP contribution in [0.3, 0.4) is 0 Å². The lowest BCUT2D eigenvalue weighted by atomic mass is 9.87. The third kappa shape index (κ3) is 4.40. The number of rotatable bonds is 8. The number of ether oxygens (including phenoxy) is 3. The summed E-state index contributed by atoms with van der Waals surface area (Å²) in [6.45, 7) is 7.40. The highest BCUT2D eigenvalue weighted by molar-refractivity contribution is 5.17. The van der Waals surface area contributed by atoms with E-state index in [0.717, 1.165) is 11.1 Å². The minimum Gasteiger partial charge on any atom is -0.376 e. The van der Waals surface area contributed by atoms with E-state index >= 15 is 0 Å². The fourth-order valence-corrected chi connectivity index (χ4v) is 5.69. The maximum atomic E-state index is 12.7. The molecule has 0 unspecified atom stereocenters. The number of nitrogens with zero attached hydrogens (tertiary/aromatic N) is 1. The molecule has 1 saturated heterocycles. The summed E-state index contributed by atoms with van der Waals surface area (Å²) in [6.07, 6.45) is 0.894. The van der Waals surface area contributed by atoms with E-state index in [2.05, 4.69) is 18.8 Å². The van der Waals surface area contributed by atoms with Crippen LogP contribution in [0.25, 0.3) is 0 Å². The van der Waals surface area contributed by atoms with Gasteiger partial charge in [0, 0.05) is 23.6 Å². The van der Waals surface area contributed by atoms with Crippen LogP contribution in [-0.4, -0.2) is 27.9 Å². The molecule has 1 aliphatic heterocycles. The predicted molar refractivity (Wildman–Crippen MR) is 132 cm³/mol. The van der Waals surface area contributed by atoms with Crippen molar-refractivity contribution in [2.45, 2.75) is 51.9 Å². The molecule has 0 spiro atoms. The van der Waals surface area contributed by atoms with E-state index in [1.54, 1.807) is 13.1 Å². The van der Waals surface area contributed by atoms with Gasteiger partial charge < -0.3 is 14.2 Å². The van der Waals surface area contributed by atoms with Crippen molar-refractivity contribution < 1.29 is 14.2 Å². The first-order chi connectivity index (χ1) is 16.9. The molecule has 2 aromatic carbocycles. The van der Waals surface area contributed by atoms with Gasteiger partial charge in [0.25, 0.3) is 5.56 Å². The van der Waals surface area contributed by atoms with E-state index < -0.39 is 17.5 Å². The van der Waals surface area contributed by atoms with Crippen molar-refractivity contribution in [2.75, 3.05) is 6.61 Å². The van der Waals surface area contributed by atoms with E-state index in [1.807, 2.05) is 60.7 Å². The maximum Gasteiger partial charge on any atom is 0.330 e. The van der Waals surface area contributed by atoms with Crippen LogP contribution < -0.4 is 11.2 Å². The van der Waals surface area contributed by atoms with Crippen LogP contribution in [-0.2, 0) is 27.4 Å². The fraction of sp³-hybridized carbons (Fsp3) is 0.429. The van der Waals surface area contributed by atoms with Crippen LogP contribution in [0.4, 0.5) is 0 Å². The quantitative estimate of drug-likeness (QED) is 0.535. The van der Waals surface area contributed by atoms with Crippen LogP contribution in [0.1, 0.15) is 36.8 Å². The van der Waals surface area contributed by atoms with Gasteiger partial charge in [0.05, 0.1) is 31.5 Å². The van der Waals surface area contributed by atoms with Crippen molar-refractivity contribution >= 4 is 0 Å². The Labute approximate surface area is 204 Å². The highest BCUT2D eigenvalue weighted by Gasteiger charge is 2.66. The molecule has 1 N–H and O–H groups in total. The number of hydrogen-bond acceptors (Lipinski definition) is 5. The lowest BCUT2D eigenvalue weighted by molar-refractivity contribution is -0.198. The zero-order valence-electron chi connectivity index (χ0n) is 20.3. The van der Waals surface area contributed by atoms with Gasteiger partial charge in [-0.25, -0.2) is 4.79 Å². The molecule has 1 saturated carbocycles. The Morgan fingerprint density at radius 1 is 1.00 bits per heavy atom. The molecule has 1 aliphatic carbocycles. The molecule has 0 amide bonds. The van der Waals surface area contributed by atoms with Gasteiger partial charge in [-0.2, -0.15) is 0 Å². The monoisotopic (exact) mass is 476 g/mol. The number of aromatic amines is 1. The first-order valence-electron chi connectivity index (χ1n) is 12.2. The van der Waals surface area contributed by atoms with Crippen molar-refractivity contribution in [3.8, 4) is 0 Å². The molecule has 1 aromatic heterocycles. The van der Waals surface area contributed by atoms with Gasteiger partial charge >= 0.3 is 5.69 Å². The van der Waals surface area contributed by atoms with E-state index in [9.17, 15) is 9.59 Å². The van der Waals surface area contributed by atoms with Crippen molar-refractivity contribution in [1.82, 2.24) is 9.55 Å². The third-order valence-electron chi connectivity index (χ3n) is 7.81. The van der Waals surface area contributed by atoms with E-state index in [-0.39, 0.29) is 29.4 Å². The highest BCUT2D eigenvalue weighted by Crippen LogP contribution is 2.60. The maximum absolute atomic E-state index is 12.7. The normalized spacial score (nSPS) is 29.5. The third-order valence-corrected chi connectivity index (χ3v) is 7.81. The molecule has 7 heteroatoms. The summed E-state index contributed by atoms with van der Waals surface area (Å²) in [5.41, 5.74) is 1.29. The summed E-state index contributed by atoms with van der Waals surface area (Å²) >= 11 is 0. The molecule has 2 bridgehead atoms. The standard InChI is InChI=1S/C28H32N2O5/c1-18-14-30(27(32)29-25(18)31)26-23-19(2)28(3,35-26)22(17-33-15-20-10-6-4-7-11-20)24(23)34-16-21-12-8-5-9-13-21/h4-14,19,22-24,26H,15-17H2,1-3H3,(H,29,31,32)/t19-,22+,23+,24-,26+,28-/m0/s1. The molecule has 7 nitrogen and oxygen atoms in total. The van der Waals surface area contributed by atoms with Gasteiger partial charge in [0.1, 0.15) is 6.23 Å². The first kappa shape index (κ1) is 23.7. The molecule has 3 aromatic rings. The molecule has 35 heavy (non-hydrogen) atoms. The minimum atomic E-state index is -0.545. The van der Waals surface area contributed by atoms with Gasteiger partial charge in [-0.1, -0.05) is 67.6 Å². The Bertz CT molecular complexity index is 1270. The number of aryl methyl sites for hydroxylation is 1. The zero-order chi connectivity index (χ0) is 24.6. The van der Waals surface area contributed by atoms with Crippen molar-refractivity contribution in [3.63, 3.8) is 0 Å². The predicted octanol–water partition coefficient (Wildman–Crippen LogP) is 3.82. The van der Waals surface area contributed by atoms with Gasteiger partial charge in [-0.05, 0) is 30.9 Å². The number of H-pyrrole nitrogens is 1. The van der Waals surface area contributed by atoms with Crippen LogP contribution in [0.5, 0.6) is 0 Å². The van der Waals surface area contributed by atoms with Gasteiger partial charge in [0.2, 0.25) is 0 Å². The second-order valence-electron chi connectivity index (χ2n) is 9.91. The van der Waals surface area contributed by atoms with E-state index in [1.165, 1.54) is 4.57 Å². The van der Waals surface area contributed by atoms with Crippen molar-refractivity contribution in [1.29, 1.82) is 0 Å². The lowest BCUT2D eigenvalue weighted by Crippen LogP contribution is -2.49. The molecular weight excluding hydrogens is 444 g/mol. The average Bonchev–Trinajstić information content (AvgIpc) is 3.23. The molecule has 184 valence electrons. The number of hydrogen-bond donors (Lipinski definition) is 1. The number of nitrogens with one attached hydrogen (secondary N) is 1. The molecular formula is C28H32N2O5. The highest BCUT2D eigenvalue weighted by atomic mass is 16.6. The number of fused-ring (bicyclic) bond motifs is 2. The van der Waals surface area contributed by atoms with Crippen LogP contribution in [0, 0.1) is 24.7 Å². The summed E-state index contributed by atoms with van der Waals surface area (Å²) in [5.74, 6) is 0.0421. The van der Waals surface area contributed by atoms with E-state index in [0.29, 0.717) is 25.4 Å². The summed E-state index contributed by atoms with van der Waals surface area (Å²) < 4.78 is 20.9. The second-order valence-corrected chi connectivity index (χ2v) is 9.91. The van der Waals surface area contributed by atoms with Crippen LogP contribution in [0.2, 0.25) is 0 Å². The summed E-state index contributed by atoms with van der Waals surface area (Å²) in [5, 5.41) is 0. The fourth-order valence-electron chi connectivity index (χ4n) is 5.69. The zero-order valence-corrected chi connectivity index (χ0v) is 20.3. The molecule has 2 fully saturated rings. The molecule has 0 radical (unpaired) electrons. The Morgan fingerprint density at radius 3 is 2.29 bits per heavy atom. The molecule has 2 aliphatic rings.